The number of non-ortho nitro benzene ring substituents is 1. The predicted molar refractivity (Wildman–Crippen MR) is 99.2 cm³/mol. The number of sulfonamides is 1. The van der Waals surface area contributed by atoms with Crippen LogP contribution in [0.25, 0.3) is 0 Å². The summed E-state index contributed by atoms with van der Waals surface area (Å²) in [6.45, 7) is -0.224. The molecule has 0 aromatic heterocycles. The van der Waals surface area contributed by atoms with Crippen molar-refractivity contribution in [3.8, 4) is 0 Å². The number of hydrogen-bond acceptors (Lipinski definition) is 5. The highest BCUT2D eigenvalue weighted by Gasteiger charge is 2.33. The lowest BCUT2D eigenvalue weighted by Gasteiger charge is -2.34. The van der Waals surface area contributed by atoms with Gasteiger partial charge in [0.2, 0.25) is 10.0 Å². The lowest BCUT2D eigenvalue weighted by molar-refractivity contribution is -0.385. The Bertz CT molecular complexity index is 1080. The lowest BCUT2D eigenvalue weighted by atomic mass is 10.1. The van der Waals surface area contributed by atoms with Crippen LogP contribution in [0, 0.1) is 10.1 Å². The van der Waals surface area contributed by atoms with Crippen LogP contribution in [0.4, 0.5) is 18.9 Å². The third-order valence-corrected chi connectivity index (χ3v) is 6.52. The highest BCUT2D eigenvalue weighted by atomic mass is 32.2. The van der Waals surface area contributed by atoms with Crippen LogP contribution in [-0.2, 0) is 16.2 Å². The molecular weight excluding hydrogens is 427 g/mol. The molecule has 3 rings (SSSR count). The molecule has 1 heterocycles. The van der Waals surface area contributed by atoms with E-state index in [1.807, 2.05) is 0 Å². The van der Waals surface area contributed by atoms with Crippen molar-refractivity contribution in [1.29, 1.82) is 0 Å². The third kappa shape index (κ3) is 4.44. The first kappa shape index (κ1) is 21.7. The van der Waals surface area contributed by atoms with Gasteiger partial charge >= 0.3 is 6.18 Å². The second kappa shape index (κ2) is 8.03. The second-order valence-electron chi connectivity index (χ2n) is 6.53. The Labute approximate surface area is 169 Å². The molecule has 1 aliphatic rings. The molecule has 8 nitrogen and oxygen atoms in total. The highest BCUT2D eigenvalue weighted by molar-refractivity contribution is 7.89. The summed E-state index contributed by atoms with van der Waals surface area (Å²) < 4.78 is 65.1. The second-order valence-corrected chi connectivity index (χ2v) is 8.47. The van der Waals surface area contributed by atoms with Crippen molar-refractivity contribution < 1.29 is 31.3 Å². The number of benzene rings is 2. The Kier molecular flexibility index (Phi) is 5.81. The van der Waals surface area contributed by atoms with Gasteiger partial charge in [0.1, 0.15) is 0 Å². The summed E-state index contributed by atoms with van der Waals surface area (Å²) in [4.78, 5) is 23.7. The van der Waals surface area contributed by atoms with Crippen molar-refractivity contribution in [2.45, 2.75) is 11.1 Å². The normalized spacial score (nSPS) is 15.8. The number of alkyl halides is 3. The first-order chi connectivity index (χ1) is 14.0. The van der Waals surface area contributed by atoms with E-state index in [1.54, 1.807) is 0 Å². The summed E-state index contributed by atoms with van der Waals surface area (Å²) in [5.74, 6) is -0.631. The maximum atomic E-state index is 12.9. The molecule has 1 fully saturated rings. The van der Waals surface area contributed by atoms with Gasteiger partial charge in [-0.25, -0.2) is 8.42 Å². The van der Waals surface area contributed by atoms with Crippen LogP contribution < -0.4 is 0 Å². The van der Waals surface area contributed by atoms with E-state index in [-0.39, 0.29) is 42.3 Å². The number of carbonyl (C=O) groups is 1. The Morgan fingerprint density at radius 1 is 1.00 bits per heavy atom. The molecule has 0 atom stereocenters. The van der Waals surface area contributed by atoms with Crippen molar-refractivity contribution in [2.24, 2.45) is 0 Å². The van der Waals surface area contributed by atoms with Gasteiger partial charge in [-0.3, -0.25) is 14.9 Å². The van der Waals surface area contributed by atoms with Crippen LogP contribution in [0.1, 0.15) is 15.9 Å². The molecule has 30 heavy (non-hydrogen) atoms. The zero-order chi connectivity index (χ0) is 22.1. The number of halogens is 3. The van der Waals surface area contributed by atoms with Crippen molar-refractivity contribution in [3.63, 3.8) is 0 Å². The molecule has 0 aliphatic carbocycles. The molecular formula is C18H16F3N3O5S. The molecule has 0 N–H and O–H groups in total. The molecule has 1 aliphatic heterocycles. The van der Waals surface area contributed by atoms with Gasteiger partial charge in [-0.1, -0.05) is 12.1 Å². The first-order valence-corrected chi connectivity index (χ1v) is 10.2. The van der Waals surface area contributed by atoms with Gasteiger partial charge < -0.3 is 4.90 Å². The fourth-order valence-electron chi connectivity index (χ4n) is 3.05. The number of nitro groups is 1. The van der Waals surface area contributed by atoms with E-state index >= 15 is 0 Å². The summed E-state index contributed by atoms with van der Waals surface area (Å²) >= 11 is 0. The summed E-state index contributed by atoms with van der Waals surface area (Å²) in [5.41, 5.74) is -1.45. The van der Waals surface area contributed by atoms with Gasteiger partial charge in [-0.05, 0) is 24.3 Å². The molecule has 0 radical (unpaired) electrons. The minimum Gasteiger partial charge on any atom is -0.336 e. The van der Waals surface area contributed by atoms with E-state index in [0.717, 1.165) is 28.6 Å². The first-order valence-electron chi connectivity index (χ1n) is 8.71. The molecule has 1 amide bonds. The van der Waals surface area contributed by atoms with Gasteiger partial charge in [0.25, 0.3) is 11.6 Å². The van der Waals surface area contributed by atoms with E-state index in [9.17, 15) is 36.5 Å². The Hall–Kier alpha value is -2.99. The molecule has 0 spiro atoms. The molecule has 2 aromatic carbocycles. The minimum atomic E-state index is -4.58. The molecule has 2 aromatic rings. The number of nitrogens with zero attached hydrogens (tertiary/aromatic N) is 3. The third-order valence-electron chi connectivity index (χ3n) is 4.63. The van der Waals surface area contributed by atoms with Crippen LogP contribution in [-0.4, -0.2) is 54.6 Å². The number of rotatable bonds is 4. The number of piperazine rings is 1. The van der Waals surface area contributed by atoms with Crippen molar-refractivity contribution in [1.82, 2.24) is 9.21 Å². The molecule has 160 valence electrons. The average molecular weight is 443 g/mol. The molecule has 1 saturated heterocycles. The minimum absolute atomic E-state index is 0.0246. The van der Waals surface area contributed by atoms with Crippen molar-refractivity contribution in [3.05, 3.63) is 69.8 Å². The zero-order valence-electron chi connectivity index (χ0n) is 15.4. The lowest BCUT2D eigenvalue weighted by Crippen LogP contribution is -2.50. The van der Waals surface area contributed by atoms with E-state index in [1.165, 1.54) is 29.2 Å². The number of hydrogen-bond donors (Lipinski definition) is 0. The quantitative estimate of drug-likeness (QED) is 0.534. The summed E-state index contributed by atoms with van der Waals surface area (Å²) in [6, 6.07) is 8.65. The topological polar surface area (TPSA) is 101 Å². The van der Waals surface area contributed by atoms with E-state index in [4.69, 9.17) is 0 Å². The SMILES string of the molecule is O=C(c1cccc(C(F)(F)F)c1)N1CCN(S(=O)(=O)c2cccc([N+](=O)[O-])c2)CC1. The van der Waals surface area contributed by atoms with E-state index in [2.05, 4.69) is 0 Å². The van der Waals surface area contributed by atoms with E-state index < -0.39 is 32.6 Å². The van der Waals surface area contributed by atoms with Gasteiger partial charge in [-0.15, -0.1) is 0 Å². The van der Waals surface area contributed by atoms with Crippen molar-refractivity contribution >= 4 is 21.6 Å². The fourth-order valence-corrected chi connectivity index (χ4v) is 4.51. The summed E-state index contributed by atoms with van der Waals surface area (Å²) in [6.07, 6.45) is -4.58. The maximum absolute atomic E-state index is 12.9. The zero-order valence-corrected chi connectivity index (χ0v) is 16.2. The van der Waals surface area contributed by atoms with Crippen LogP contribution in [0.5, 0.6) is 0 Å². The van der Waals surface area contributed by atoms with E-state index in [0.29, 0.717) is 0 Å². The average Bonchev–Trinajstić information content (AvgIpc) is 2.73. The molecule has 0 unspecified atom stereocenters. The standard InChI is InChI=1S/C18H16F3N3O5S/c19-18(20,21)14-4-1-3-13(11-14)17(25)22-7-9-23(10-8-22)30(28,29)16-6-2-5-15(12-16)24(26)27/h1-6,11-12H,7-10H2. The number of amides is 1. The van der Waals surface area contributed by atoms with Crippen LogP contribution in [0.15, 0.2) is 53.4 Å². The highest BCUT2D eigenvalue weighted by Crippen LogP contribution is 2.30. The van der Waals surface area contributed by atoms with Gasteiger partial charge in [-0.2, -0.15) is 17.5 Å². The summed E-state index contributed by atoms with van der Waals surface area (Å²) in [7, 11) is -4.02. The number of carbonyl (C=O) groups excluding carboxylic acids is 1. The maximum Gasteiger partial charge on any atom is 0.416 e. The Morgan fingerprint density at radius 3 is 2.23 bits per heavy atom. The summed E-state index contributed by atoms with van der Waals surface area (Å²) in [5, 5.41) is 10.9. The monoisotopic (exact) mass is 443 g/mol. The molecule has 12 heteroatoms. The van der Waals surface area contributed by atoms with Crippen LogP contribution in [0.2, 0.25) is 0 Å². The van der Waals surface area contributed by atoms with Gasteiger partial charge in [0.15, 0.2) is 0 Å². The van der Waals surface area contributed by atoms with Crippen LogP contribution in [0.3, 0.4) is 0 Å². The number of nitro benzene ring substituents is 1. The molecule has 0 saturated carbocycles. The van der Waals surface area contributed by atoms with Crippen molar-refractivity contribution in [2.75, 3.05) is 26.2 Å². The molecule has 0 bridgehead atoms. The predicted octanol–water partition coefficient (Wildman–Crippen LogP) is 2.76. The smallest absolute Gasteiger partial charge is 0.336 e. The Balaban J connectivity index is 1.72. The Morgan fingerprint density at radius 2 is 1.63 bits per heavy atom. The van der Waals surface area contributed by atoms with Crippen LogP contribution >= 0.6 is 0 Å². The largest absolute Gasteiger partial charge is 0.416 e. The van der Waals surface area contributed by atoms with Gasteiger partial charge in [0, 0.05) is 43.9 Å². The van der Waals surface area contributed by atoms with Gasteiger partial charge in [0.05, 0.1) is 15.4 Å². The fraction of sp³-hybridized carbons (Fsp3) is 0.278.